The first-order valence-corrected chi connectivity index (χ1v) is 8.44. The van der Waals surface area contributed by atoms with Gasteiger partial charge in [0, 0.05) is 23.8 Å². The Bertz CT molecular complexity index is 858. The smallest absolute Gasteiger partial charge is 0.206 e. The van der Waals surface area contributed by atoms with E-state index in [9.17, 15) is 8.42 Å². The Labute approximate surface area is 124 Å². The highest BCUT2D eigenvalue weighted by Crippen LogP contribution is 2.37. The van der Waals surface area contributed by atoms with Crippen molar-refractivity contribution >= 4 is 21.0 Å². The van der Waals surface area contributed by atoms with E-state index in [4.69, 9.17) is 0 Å². The number of hydrogen-bond acceptors (Lipinski definition) is 3. The lowest BCUT2D eigenvalue weighted by Crippen LogP contribution is -2.08. The molecule has 3 rings (SSSR count). The number of rotatable bonds is 3. The molecule has 4 nitrogen and oxygen atoms in total. The molecular formula is C16H18N2O2S. The van der Waals surface area contributed by atoms with Gasteiger partial charge >= 0.3 is 0 Å². The first-order valence-electron chi connectivity index (χ1n) is 6.95. The number of nitrogens with one attached hydrogen (secondary N) is 1. The van der Waals surface area contributed by atoms with E-state index in [0.29, 0.717) is 21.9 Å². The molecule has 0 aliphatic heterocycles. The molecule has 1 N–H and O–H groups in total. The normalized spacial score (nSPS) is 15.2. The van der Waals surface area contributed by atoms with Crippen LogP contribution in [0, 0.1) is 6.92 Å². The van der Waals surface area contributed by atoms with Crippen molar-refractivity contribution in [1.82, 2.24) is 4.40 Å². The van der Waals surface area contributed by atoms with E-state index in [1.807, 2.05) is 47.9 Å². The van der Waals surface area contributed by atoms with Crippen LogP contribution in [0.3, 0.4) is 0 Å². The van der Waals surface area contributed by atoms with Crippen LogP contribution in [0.25, 0.3) is 5.52 Å². The summed E-state index contributed by atoms with van der Waals surface area (Å²) in [7, 11) is -1.72. The van der Waals surface area contributed by atoms with Gasteiger partial charge in [-0.2, -0.15) is 0 Å². The number of nitrogens with zero attached hydrogens (tertiary/aromatic N) is 1. The fraction of sp³-hybridized carbons (Fsp3) is 0.250. The summed E-state index contributed by atoms with van der Waals surface area (Å²) in [6, 6.07) is 5.61. The summed E-state index contributed by atoms with van der Waals surface area (Å²) < 4.78 is 28.0. The summed E-state index contributed by atoms with van der Waals surface area (Å²) in [4.78, 5) is 0.863. The second kappa shape index (κ2) is 5.07. The van der Waals surface area contributed by atoms with E-state index in [2.05, 4.69) is 5.32 Å². The minimum atomic E-state index is -3.48. The maximum absolute atomic E-state index is 13.0. The predicted molar refractivity (Wildman–Crippen MR) is 85.3 cm³/mol. The van der Waals surface area contributed by atoms with E-state index >= 15 is 0 Å². The summed E-state index contributed by atoms with van der Waals surface area (Å²) in [6.07, 6.45) is 8.73. The molecule has 0 saturated heterocycles. The van der Waals surface area contributed by atoms with E-state index in [1.165, 1.54) is 0 Å². The Hall–Kier alpha value is -2.01. The second-order valence-electron chi connectivity index (χ2n) is 5.10. The number of allylic oxidation sites excluding steroid dienone is 4. The van der Waals surface area contributed by atoms with Crippen molar-refractivity contribution in [3.05, 3.63) is 53.2 Å². The zero-order valence-corrected chi connectivity index (χ0v) is 12.9. The third-order valence-electron chi connectivity index (χ3n) is 3.88. The Morgan fingerprint density at radius 3 is 2.76 bits per heavy atom. The molecule has 1 aliphatic carbocycles. The Kier molecular flexibility index (Phi) is 3.37. The second-order valence-corrected chi connectivity index (χ2v) is 7.04. The number of fused-ring (bicyclic) bond motifs is 1. The van der Waals surface area contributed by atoms with Gasteiger partial charge in [-0.25, -0.2) is 8.42 Å². The molecule has 1 aliphatic rings. The third kappa shape index (κ3) is 2.08. The van der Waals surface area contributed by atoms with Gasteiger partial charge in [-0.15, -0.1) is 0 Å². The van der Waals surface area contributed by atoms with Crippen molar-refractivity contribution in [1.29, 1.82) is 0 Å². The summed E-state index contributed by atoms with van der Waals surface area (Å²) in [5, 5.41) is 3.05. The van der Waals surface area contributed by atoms with Crippen LogP contribution in [0.5, 0.6) is 0 Å². The van der Waals surface area contributed by atoms with Crippen molar-refractivity contribution in [3.8, 4) is 0 Å². The molecule has 0 saturated carbocycles. The number of pyridine rings is 1. The van der Waals surface area contributed by atoms with Crippen LogP contribution < -0.4 is 5.32 Å². The zero-order valence-electron chi connectivity index (χ0n) is 12.1. The zero-order chi connectivity index (χ0) is 15.0. The summed E-state index contributed by atoms with van der Waals surface area (Å²) >= 11 is 0. The molecule has 5 heteroatoms. The van der Waals surface area contributed by atoms with Gasteiger partial charge in [0.25, 0.3) is 0 Å². The SMILES string of the molecule is CNc1c(S(=O)(=O)C2=CC=CCC2)c2ccccn2c1C. The monoisotopic (exact) mass is 302 g/mol. The van der Waals surface area contributed by atoms with Gasteiger partial charge in [0.1, 0.15) is 4.90 Å². The Morgan fingerprint density at radius 1 is 1.29 bits per heavy atom. The average molecular weight is 302 g/mol. The molecule has 0 unspecified atom stereocenters. The molecule has 0 aromatic carbocycles. The molecular weight excluding hydrogens is 284 g/mol. The van der Waals surface area contributed by atoms with Gasteiger partial charge in [-0.3, -0.25) is 0 Å². The lowest BCUT2D eigenvalue weighted by Gasteiger charge is -2.11. The Balaban J connectivity index is 2.34. The number of hydrogen-bond donors (Lipinski definition) is 1. The minimum Gasteiger partial charge on any atom is -0.386 e. The molecule has 0 radical (unpaired) electrons. The van der Waals surface area contributed by atoms with Gasteiger partial charge in [0.05, 0.1) is 11.2 Å². The van der Waals surface area contributed by atoms with Gasteiger partial charge in [0.15, 0.2) is 0 Å². The Morgan fingerprint density at radius 2 is 2.10 bits per heavy atom. The van der Waals surface area contributed by atoms with Crippen LogP contribution in [0.1, 0.15) is 18.5 Å². The van der Waals surface area contributed by atoms with E-state index in [-0.39, 0.29) is 0 Å². The first-order chi connectivity index (χ1) is 10.1. The van der Waals surface area contributed by atoms with Crippen LogP contribution in [0.15, 0.2) is 52.4 Å². The fourth-order valence-corrected chi connectivity index (χ4v) is 4.70. The molecule has 21 heavy (non-hydrogen) atoms. The highest BCUT2D eigenvalue weighted by molar-refractivity contribution is 7.95. The maximum Gasteiger partial charge on any atom is 0.206 e. The number of aromatic nitrogens is 1. The highest BCUT2D eigenvalue weighted by atomic mass is 32.2. The number of aryl methyl sites for hydroxylation is 1. The van der Waals surface area contributed by atoms with Gasteiger partial charge in [0.2, 0.25) is 9.84 Å². The van der Waals surface area contributed by atoms with Crippen LogP contribution in [-0.2, 0) is 9.84 Å². The van der Waals surface area contributed by atoms with Gasteiger partial charge < -0.3 is 9.72 Å². The highest BCUT2D eigenvalue weighted by Gasteiger charge is 2.29. The van der Waals surface area contributed by atoms with Crippen molar-refractivity contribution in [2.45, 2.75) is 24.7 Å². The van der Waals surface area contributed by atoms with E-state index in [1.54, 1.807) is 13.1 Å². The average Bonchev–Trinajstić information content (AvgIpc) is 2.81. The molecule has 110 valence electrons. The first kappa shape index (κ1) is 13.9. The topological polar surface area (TPSA) is 50.6 Å². The molecule has 2 aromatic rings. The van der Waals surface area contributed by atoms with E-state index < -0.39 is 9.84 Å². The molecule has 0 bridgehead atoms. The van der Waals surface area contributed by atoms with Crippen LogP contribution in [0.4, 0.5) is 5.69 Å². The summed E-state index contributed by atoms with van der Waals surface area (Å²) in [6.45, 7) is 1.92. The lowest BCUT2D eigenvalue weighted by molar-refractivity contribution is 0.601. The fourth-order valence-electron chi connectivity index (χ4n) is 2.84. The standard InChI is InChI=1S/C16H18N2O2S/c1-12-15(17-2)16(14-10-6-7-11-18(12)14)21(19,20)13-8-4-3-5-9-13/h3-4,6-8,10-11,17H,5,9H2,1-2H3. The number of anilines is 1. The van der Waals surface area contributed by atoms with Gasteiger partial charge in [-0.1, -0.05) is 18.2 Å². The van der Waals surface area contributed by atoms with Crippen LogP contribution in [0.2, 0.25) is 0 Å². The molecule has 0 amide bonds. The van der Waals surface area contributed by atoms with Crippen LogP contribution >= 0.6 is 0 Å². The van der Waals surface area contributed by atoms with Crippen molar-refractivity contribution in [2.24, 2.45) is 0 Å². The molecule has 0 spiro atoms. The number of sulfone groups is 1. The molecule has 2 aromatic heterocycles. The quantitative estimate of drug-likeness (QED) is 0.946. The van der Waals surface area contributed by atoms with Gasteiger partial charge in [-0.05, 0) is 38.0 Å². The largest absolute Gasteiger partial charge is 0.386 e. The van der Waals surface area contributed by atoms with Crippen LogP contribution in [-0.4, -0.2) is 19.9 Å². The third-order valence-corrected chi connectivity index (χ3v) is 5.86. The molecule has 0 atom stereocenters. The summed E-state index contributed by atoms with van der Waals surface area (Å²) in [5.74, 6) is 0. The molecule has 0 fully saturated rings. The maximum atomic E-state index is 13.0. The van der Waals surface area contributed by atoms with Crippen molar-refractivity contribution in [2.75, 3.05) is 12.4 Å². The van der Waals surface area contributed by atoms with E-state index in [0.717, 1.165) is 17.6 Å². The molecule has 2 heterocycles. The predicted octanol–water partition coefficient (Wildman–Crippen LogP) is 3.30. The minimum absolute atomic E-state index is 0.379. The summed E-state index contributed by atoms with van der Waals surface area (Å²) in [5.41, 5.74) is 2.30. The van der Waals surface area contributed by atoms with Crippen molar-refractivity contribution in [3.63, 3.8) is 0 Å². The van der Waals surface area contributed by atoms with Crippen molar-refractivity contribution < 1.29 is 8.42 Å². The lowest BCUT2D eigenvalue weighted by atomic mass is 10.2.